The Bertz CT molecular complexity index is 589. The van der Waals surface area contributed by atoms with Gasteiger partial charge < -0.3 is 9.73 Å². The highest BCUT2D eigenvalue weighted by Crippen LogP contribution is 2.18. The van der Waals surface area contributed by atoms with E-state index in [0.29, 0.717) is 12.3 Å². The highest BCUT2D eigenvalue weighted by Gasteiger charge is 2.20. The molecule has 1 heterocycles. The lowest BCUT2D eigenvalue weighted by Gasteiger charge is -2.21. The molecule has 5 heteroatoms. The van der Waals surface area contributed by atoms with Crippen molar-refractivity contribution in [3.05, 3.63) is 47.7 Å². The van der Waals surface area contributed by atoms with Crippen LogP contribution in [0.3, 0.4) is 0 Å². The summed E-state index contributed by atoms with van der Waals surface area (Å²) >= 11 is 0. The van der Waals surface area contributed by atoms with Gasteiger partial charge >= 0.3 is 11.8 Å². The molecule has 0 unspecified atom stereocenters. The first-order valence-electron chi connectivity index (χ1n) is 7.48. The summed E-state index contributed by atoms with van der Waals surface area (Å²) in [6.45, 7) is 0. The van der Waals surface area contributed by atoms with Gasteiger partial charge in [-0.2, -0.15) is 0 Å². The second kappa shape index (κ2) is 6.52. The minimum absolute atomic E-state index is 0.0616. The summed E-state index contributed by atoms with van der Waals surface area (Å²) in [5, 5.41) is 10.8. The van der Waals surface area contributed by atoms with Gasteiger partial charge in [0.15, 0.2) is 0 Å². The lowest BCUT2D eigenvalue weighted by atomic mass is 9.95. The van der Waals surface area contributed by atoms with Gasteiger partial charge in [0.1, 0.15) is 0 Å². The zero-order valence-corrected chi connectivity index (χ0v) is 11.9. The van der Waals surface area contributed by atoms with Crippen LogP contribution in [0.5, 0.6) is 0 Å². The van der Waals surface area contributed by atoms with E-state index in [9.17, 15) is 4.79 Å². The summed E-state index contributed by atoms with van der Waals surface area (Å²) in [5.41, 5.74) is 1.08. The van der Waals surface area contributed by atoms with E-state index in [2.05, 4.69) is 15.5 Å². The minimum atomic E-state index is -0.256. The van der Waals surface area contributed by atoms with E-state index >= 15 is 0 Å². The lowest BCUT2D eigenvalue weighted by Crippen LogP contribution is -2.36. The predicted octanol–water partition coefficient (Wildman–Crippen LogP) is 2.72. The highest BCUT2D eigenvalue weighted by atomic mass is 16.4. The summed E-state index contributed by atoms with van der Waals surface area (Å²) in [7, 11) is 0. The minimum Gasteiger partial charge on any atom is -0.417 e. The molecule has 0 spiro atoms. The van der Waals surface area contributed by atoms with Crippen LogP contribution in [0.4, 0.5) is 0 Å². The Labute approximate surface area is 123 Å². The number of amides is 1. The summed E-state index contributed by atoms with van der Waals surface area (Å²) in [6, 6.07) is 10.1. The van der Waals surface area contributed by atoms with Crippen LogP contribution in [0.1, 0.15) is 54.2 Å². The molecule has 3 rings (SSSR count). The first kappa shape index (κ1) is 13.8. The monoisotopic (exact) mass is 285 g/mol. The number of carbonyl (C=O) groups is 1. The van der Waals surface area contributed by atoms with E-state index < -0.39 is 0 Å². The fraction of sp³-hybridized carbons (Fsp3) is 0.438. The van der Waals surface area contributed by atoms with Crippen molar-refractivity contribution in [3.63, 3.8) is 0 Å². The van der Waals surface area contributed by atoms with Gasteiger partial charge in [-0.1, -0.05) is 49.6 Å². The number of rotatable bonds is 4. The predicted molar refractivity (Wildman–Crippen MR) is 77.9 cm³/mol. The fourth-order valence-electron chi connectivity index (χ4n) is 2.68. The van der Waals surface area contributed by atoms with Gasteiger partial charge in [-0.25, -0.2) is 0 Å². The maximum Gasteiger partial charge on any atom is 0.309 e. The molecule has 110 valence electrons. The molecule has 1 aromatic carbocycles. The fourth-order valence-corrected chi connectivity index (χ4v) is 2.68. The Morgan fingerprint density at radius 3 is 2.67 bits per heavy atom. The molecule has 1 fully saturated rings. The maximum atomic E-state index is 12.1. The third-order valence-electron chi connectivity index (χ3n) is 3.80. The number of benzene rings is 1. The van der Waals surface area contributed by atoms with E-state index in [1.54, 1.807) is 0 Å². The van der Waals surface area contributed by atoms with E-state index in [0.717, 1.165) is 18.4 Å². The molecule has 0 aliphatic heterocycles. The number of nitrogens with zero attached hydrogens (tertiary/aromatic N) is 2. The summed E-state index contributed by atoms with van der Waals surface area (Å²) in [4.78, 5) is 12.1. The van der Waals surface area contributed by atoms with Crippen LogP contribution in [0.25, 0.3) is 0 Å². The molecule has 0 atom stereocenters. The standard InChI is InChI=1S/C16H19N3O2/c20-15(17-13-9-5-2-6-10-13)16-19-18-14(21-16)11-12-7-3-1-4-8-12/h1,3-4,7-8,13H,2,5-6,9-11H2,(H,17,20). The van der Waals surface area contributed by atoms with E-state index in [1.807, 2.05) is 30.3 Å². The highest BCUT2D eigenvalue weighted by molar-refractivity contribution is 5.89. The average Bonchev–Trinajstić information content (AvgIpc) is 2.98. The van der Waals surface area contributed by atoms with E-state index in [1.165, 1.54) is 19.3 Å². The van der Waals surface area contributed by atoms with Crippen molar-refractivity contribution in [1.29, 1.82) is 0 Å². The average molecular weight is 285 g/mol. The second-order valence-corrected chi connectivity index (χ2v) is 5.47. The molecule has 1 aromatic heterocycles. The second-order valence-electron chi connectivity index (χ2n) is 5.47. The van der Waals surface area contributed by atoms with Crippen molar-refractivity contribution in [2.45, 2.75) is 44.6 Å². The third-order valence-corrected chi connectivity index (χ3v) is 3.80. The zero-order chi connectivity index (χ0) is 14.5. The van der Waals surface area contributed by atoms with Crippen LogP contribution in [0, 0.1) is 0 Å². The Morgan fingerprint density at radius 1 is 1.14 bits per heavy atom. The molecule has 1 N–H and O–H groups in total. The first-order chi connectivity index (χ1) is 10.3. The largest absolute Gasteiger partial charge is 0.417 e. The zero-order valence-electron chi connectivity index (χ0n) is 11.9. The Kier molecular flexibility index (Phi) is 4.28. The smallest absolute Gasteiger partial charge is 0.309 e. The quantitative estimate of drug-likeness (QED) is 0.937. The van der Waals surface area contributed by atoms with Crippen molar-refractivity contribution < 1.29 is 9.21 Å². The van der Waals surface area contributed by atoms with Crippen molar-refractivity contribution >= 4 is 5.91 Å². The molecule has 0 radical (unpaired) electrons. The molecule has 1 saturated carbocycles. The Morgan fingerprint density at radius 2 is 1.90 bits per heavy atom. The van der Waals surface area contributed by atoms with Gasteiger partial charge in [0.2, 0.25) is 5.89 Å². The van der Waals surface area contributed by atoms with E-state index in [4.69, 9.17) is 4.42 Å². The molecule has 2 aromatic rings. The van der Waals surface area contributed by atoms with Gasteiger partial charge in [0, 0.05) is 6.04 Å². The first-order valence-corrected chi connectivity index (χ1v) is 7.48. The van der Waals surface area contributed by atoms with Crippen LogP contribution >= 0.6 is 0 Å². The van der Waals surface area contributed by atoms with Gasteiger partial charge in [-0.15, -0.1) is 10.2 Å². The van der Waals surface area contributed by atoms with Crippen LogP contribution in [0.15, 0.2) is 34.7 Å². The molecule has 0 saturated heterocycles. The lowest BCUT2D eigenvalue weighted by molar-refractivity contribution is 0.0891. The van der Waals surface area contributed by atoms with Crippen molar-refractivity contribution in [1.82, 2.24) is 15.5 Å². The number of carbonyl (C=O) groups excluding carboxylic acids is 1. The Balaban J connectivity index is 1.60. The SMILES string of the molecule is O=C(NC1CCCCC1)c1nnc(Cc2ccccc2)o1. The van der Waals surface area contributed by atoms with E-state index in [-0.39, 0.29) is 17.8 Å². The van der Waals surface area contributed by atoms with Gasteiger partial charge in [0.05, 0.1) is 6.42 Å². The molecule has 0 bridgehead atoms. The molecule has 5 nitrogen and oxygen atoms in total. The summed E-state index contributed by atoms with van der Waals surface area (Å²) in [6.07, 6.45) is 6.23. The number of hydrogen-bond acceptors (Lipinski definition) is 4. The molecule has 1 aliphatic carbocycles. The van der Waals surface area contributed by atoms with Crippen molar-refractivity contribution in [3.8, 4) is 0 Å². The van der Waals surface area contributed by atoms with Gasteiger partial charge in [-0.3, -0.25) is 4.79 Å². The van der Waals surface area contributed by atoms with Crippen LogP contribution in [0.2, 0.25) is 0 Å². The Hall–Kier alpha value is -2.17. The third kappa shape index (κ3) is 3.68. The van der Waals surface area contributed by atoms with Crippen LogP contribution in [-0.2, 0) is 6.42 Å². The molecular formula is C16H19N3O2. The normalized spacial score (nSPS) is 15.8. The number of hydrogen-bond donors (Lipinski definition) is 1. The van der Waals surface area contributed by atoms with Crippen LogP contribution < -0.4 is 5.32 Å². The molecule has 1 aliphatic rings. The van der Waals surface area contributed by atoms with Gasteiger partial charge in [0.25, 0.3) is 0 Å². The summed E-state index contributed by atoms with van der Waals surface area (Å²) < 4.78 is 5.46. The van der Waals surface area contributed by atoms with Crippen molar-refractivity contribution in [2.75, 3.05) is 0 Å². The number of aromatic nitrogens is 2. The van der Waals surface area contributed by atoms with Gasteiger partial charge in [-0.05, 0) is 18.4 Å². The van der Waals surface area contributed by atoms with Crippen molar-refractivity contribution in [2.24, 2.45) is 0 Å². The maximum absolute atomic E-state index is 12.1. The summed E-state index contributed by atoms with van der Waals surface area (Å²) in [5.74, 6) is 0.273. The van der Waals surface area contributed by atoms with Crippen LogP contribution in [-0.4, -0.2) is 22.1 Å². The topological polar surface area (TPSA) is 68.0 Å². The molecular weight excluding hydrogens is 266 g/mol. The number of nitrogens with one attached hydrogen (secondary N) is 1. The molecule has 21 heavy (non-hydrogen) atoms. The molecule has 1 amide bonds.